The Bertz CT molecular complexity index is 748. The standard InChI is InChI=1S/C12H13ClN2O7S/c13-7-2-1-6(11(17)18)5-9(7)23(21,22)15-8(12(19)20)3-4-10(14)16/h1-2,5,8,15H,3-4H2,(H2,14,16)(H,17,18)(H,19,20)/t8-/m1/s1. The van der Waals surface area contributed by atoms with E-state index >= 15 is 0 Å². The number of aromatic carboxylic acids is 1. The number of hydrogen-bond donors (Lipinski definition) is 4. The molecule has 9 nitrogen and oxygen atoms in total. The highest BCUT2D eigenvalue weighted by Gasteiger charge is 2.27. The van der Waals surface area contributed by atoms with Crippen LogP contribution in [0.1, 0.15) is 23.2 Å². The largest absolute Gasteiger partial charge is 0.480 e. The molecule has 0 aliphatic heterocycles. The third kappa shape index (κ3) is 5.20. The summed E-state index contributed by atoms with van der Waals surface area (Å²) in [5.74, 6) is -3.68. The Kier molecular flexibility index (Phi) is 6.07. The second kappa shape index (κ2) is 7.40. The first-order chi connectivity index (χ1) is 10.5. The fourth-order valence-corrected chi connectivity index (χ4v) is 3.36. The summed E-state index contributed by atoms with van der Waals surface area (Å²) in [6.45, 7) is 0. The van der Waals surface area contributed by atoms with Crippen LogP contribution in [0.5, 0.6) is 0 Å². The van der Waals surface area contributed by atoms with Gasteiger partial charge in [-0.05, 0) is 24.6 Å². The van der Waals surface area contributed by atoms with Crippen molar-refractivity contribution in [1.82, 2.24) is 4.72 Å². The minimum Gasteiger partial charge on any atom is -0.480 e. The SMILES string of the molecule is NC(=O)CC[C@@H](NS(=O)(=O)c1cc(C(=O)O)ccc1Cl)C(=O)O. The van der Waals surface area contributed by atoms with Crippen LogP contribution < -0.4 is 10.5 Å². The monoisotopic (exact) mass is 364 g/mol. The molecule has 0 aliphatic rings. The third-order valence-corrected chi connectivity index (χ3v) is 4.70. The predicted molar refractivity (Wildman–Crippen MR) is 78.6 cm³/mol. The summed E-state index contributed by atoms with van der Waals surface area (Å²) in [5.41, 5.74) is 4.56. The molecule has 11 heteroatoms. The molecule has 126 valence electrons. The fraction of sp³-hybridized carbons (Fsp3) is 0.250. The maximum Gasteiger partial charge on any atom is 0.335 e. The van der Waals surface area contributed by atoms with Crippen LogP contribution >= 0.6 is 11.6 Å². The van der Waals surface area contributed by atoms with Gasteiger partial charge in [-0.2, -0.15) is 4.72 Å². The molecule has 1 amide bonds. The maximum atomic E-state index is 12.2. The third-order valence-electron chi connectivity index (χ3n) is 2.74. The molecule has 0 radical (unpaired) electrons. The lowest BCUT2D eigenvalue weighted by Gasteiger charge is -2.15. The lowest BCUT2D eigenvalue weighted by molar-refractivity contribution is -0.139. The Morgan fingerprint density at radius 2 is 1.87 bits per heavy atom. The first-order valence-electron chi connectivity index (χ1n) is 6.11. The number of halogens is 1. The number of hydrogen-bond acceptors (Lipinski definition) is 5. The number of amides is 1. The van der Waals surface area contributed by atoms with Crippen molar-refractivity contribution in [3.05, 3.63) is 28.8 Å². The lowest BCUT2D eigenvalue weighted by atomic mass is 10.2. The topological polar surface area (TPSA) is 164 Å². The van der Waals surface area contributed by atoms with Gasteiger partial charge in [-0.25, -0.2) is 13.2 Å². The van der Waals surface area contributed by atoms with E-state index in [0.717, 1.165) is 18.2 Å². The minimum absolute atomic E-state index is 0.276. The van der Waals surface area contributed by atoms with Gasteiger partial charge in [0.25, 0.3) is 0 Å². The number of carbonyl (C=O) groups excluding carboxylic acids is 1. The van der Waals surface area contributed by atoms with Crippen LogP contribution in [0.25, 0.3) is 0 Å². The van der Waals surface area contributed by atoms with Crippen molar-refractivity contribution < 1.29 is 33.0 Å². The van der Waals surface area contributed by atoms with Gasteiger partial charge in [0.2, 0.25) is 15.9 Å². The zero-order chi connectivity index (χ0) is 17.8. The number of nitrogens with two attached hydrogens (primary N) is 1. The van der Waals surface area contributed by atoms with Crippen molar-refractivity contribution in [2.75, 3.05) is 0 Å². The molecule has 0 aliphatic carbocycles. The summed E-state index contributed by atoms with van der Waals surface area (Å²) in [4.78, 5) is 32.1. The number of carboxylic acids is 2. The number of sulfonamides is 1. The maximum absolute atomic E-state index is 12.2. The summed E-state index contributed by atoms with van der Waals surface area (Å²) in [7, 11) is -4.42. The number of benzene rings is 1. The molecule has 0 saturated heterocycles. The van der Waals surface area contributed by atoms with E-state index in [4.69, 9.17) is 27.5 Å². The minimum atomic E-state index is -4.42. The molecule has 1 aromatic rings. The van der Waals surface area contributed by atoms with Crippen molar-refractivity contribution in [3.63, 3.8) is 0 Å². The lowest BCUT2D eigenvalue weighted by Crippen LogP contribution is -2.41. The van der Waals surface area contributed by atoms with Gasteiger partial charge in [-0.3, -0.25) is 9.59 Å². The molecule has 0 unspecified atom stereocenters. The van der Waals surface area contributed by atoms with Crippen LogP contribution in [-0.4, -0.2) is 42.5 Å². The molecule has 5 N–H and O–H groups in total. The van der Waals surface area contributed by atoms with Crippen LogP contribution in [0, 0.1) is 0 Å². The fourth-order valence-electron chi connectivity index (χ4n) is 1.61. The van der Waals surface area contributed by atoms with Gasteiger partial charge in [0, 0.05) is 6.42 Å². The number of carboxylic acid groups (broad SMARTS) is 2. The summed E-state index contributed by atoms with van der Waals surface area (Å²) >= 11 is 5.74. The first kappa shape index (κ1) is 18.9. The second-order valence-corrected chi connectivity index (χ2v) is 6.56. The average molecular weight is 365 g/mol. The molecule has 0 bridgehead atoms. The Labute approximate surface area is 136 Å². The molecule has 1 rings (SSSR count). The molecule has 0 saturated carbocycles. The van der Waals surface area contributed by atoms with Crippen molar-refractivity contribution in [3.8, 4) is 0 Å². The summed E-state index contributed by atoms with van der Waals surface area (Å²) in [5, 5.41) is 17.6. The van der Waals surface area contributed by atoms with Gasteiger partial charge >= 0.3 is 11.9 Å². The zero-order valence-electron chi connectivity index (χ0n) is 11.5. The molecule has 1 atom stereocenters. The Hall–Kier alpha value is -2.17. The summed E-state index contributed by atoms with van der Waals surface area (Å²) in [6, 6.07) is 1.36. The van der Waals surface area contributed by atoms with Gasteiger partial charge in [0.1, 0.15) is 10.9 Å². The van der Waals surface area contributed by atoms with E-state index in [2.05, 4.69) is 0 Å². The number of carbonyl (C=O) groups is 3. The van der Waals surface area contributed by atoms with Crippen LogP contribution in [0.3, 0.4) is 0 Å². The van der Waals surface area contributed by atoms with E-state index in [1.807, 2.05) is 4.72 Å². The van der Waals surface area contributed by atoms with Crippen LogP contribution in [0.2, 0.25) is 5.02 Å². The molecule has 0 heterocycles. The average Bonchev–Trinajstić information content (AvgIpc) is 2.42. The van der Waals surface area contributed by atoms with Crippen LogP contribution in [0.4, 0.5) is 0 Å². The highest BCUT2D eigenvalue weighted by molar-refractivity contribution is 7.89. The van der Waals surface area contributed by atoms with E-state index in [1.54, 1.807) is 0 Å². The Morgan fingerprint density at radius 3 is 2.35 bits per heavy atom. The van der Waals surface area contributed by atoms with Crippen LogP contribution in [0.15, 0.2) is 23.1 Å². The highest BCUT2D eigenvalue weighted by Crippen LogP contribution is 2.23. The van der Waals surface area contributed by atoms with E-state index in [0.29, 0.717) is 0 Å². The number of primary amides is 1. The van der Waals surface area contributed by atoms with Crippen molar-refractivity contribution >= 4 is 39.5 Å². The van der Waals surface area contributed by atoms with E-state index in [1.165, 1.54) is 0 Å². The van der Waals surface area contributed by atoms with E-state index in [9.17, 15) is 22.8 Å². The number of rotatable bonds is 8. The van der Waals surface area contributed by atoms with E-state index < -0.39 is 38.8 Å². The highest BCUT2D eigenvalue weighted by atomic mass is 35.5. The number of nitrogens with one attached hydrogen (secondary N) is 1. The van der Waals surface area contributed by atoms with Gasteiger partial charge < -0.3 is 15.9 Å². The van der Waals surface area contributed by atoms with E-state index in [-0.39, 0.29) is 23.4 Å². The summed E-state index contributed by atoms with van der Waals surface area (Å²) in [6.07, 6.45) is -0.706. The van der Waals surface area contributed by atoms with Gasteiger partial charge in [-0.15, -0.1) is 0 Å². The van der Waals surface area contributed by atoms with Gasteiger partial charge in [0.15, 0.2) is 0 Å². The molecule has 23 heavy (non-hydrogen) atoms. The smallest absolute Gasteiger partial charge is 0.335 e. The van der Waals surface area contributed by atoms with Gasteiger partial charge in [-0.1, -0.05) is 11.6 Å². The van der Waals surface area contributed by atoms with Crippen molar-refractivity contribution in [2.24, 2.45) is 5.73 Å². The molecule has 0 fully saturated rings. The Morgan fingerprint density at radius 1 is 1.26 bits per heavy atom. The first-order valence-corrected chi connectivity index (χ1v) is 7.97. The molecule has 0 aromatic heterocycles. The van der Waals surface area contributed by atoms with Crippen molar-refractivity contribution in [2.45, 2.75) is 23.8 Å². The second-order valence-electron chi connectivity index (χ2n) is 4.47. The molecule has 0 spiro atoms. The van der Waals surface area contributed by atoms with Crippen molar-refractivity contribution in [1.29, 1.82) is 0 Å². The number of aliphatic carboxylic acids is 1. The molecule has 1 aromatic carbocycles. The predicted octanol–water partition coefficient (Wildman–Crippen LogP) is 0.0352. The normalized spacial score (nSPS) is 12.6. The zero-order valence-corrected chi connectivity index (χ0v) is 13.1. The van der Waals surface area contributed by atoms with Crippen LogP contribution in [-0.2, 0) is 19.6 Å². The quantitative estimate of drug-likeness (QED) is 0.505. The molecular weight excluding hydrogens is 352 g/mol. The van der Waals surface area contributed by atoms with Gasteiger partial charge in [0.05, 0.1) is 10.6 Å². The molecular formula is C12H13ClN2O7S. The summed E-state index contributed by atoms with van der Waals surface area (Å²) < 4.78 is 26.3. The Balaban J connectivity index is 3.14.